The van der Waals surface area contributed by atoms with E-state index in [2.05, 4.69) is 26.7 Å². The minimum absolute atomic E-state index is 0.249. The molecule has 0 aliphatic carbocycles. The van der Waals surface area contributed by atoms with Crippen LogP contribution in [-0.4, -0.2) is 14.7 Å². The van der Waals surface area contributed by atoms with E-state index in [1.54, 1.807) is 36.4 Å². The zero-order valence-electron chi connectivity index (χ0n) is 10.0. The van der Waals surface area contributed by atoms with E-state index in [0.717, 1.165) is 16.6 Å². The molecule has 0 spiro atoms. The van der Waals surface area contributed by atoms with Crippen LogP contribution in [0.4, 0.5) is 5.69 Å². The Bertz CT molecular complexity index is 786. The molecule has 3 aromatic rings. The average molecular weight is 322 g/mol. The minimum Gasteiger partial charge on any atom is -0.319 e. The number of anilines is 1. The second-order valence-electron chi connectivity index (χ2n) is 4.06. The number of fused-ring (bicyclic) bond motifs is 1. The van der Waals surface area contributed by atoms with Gasteiger partial charge in [0.1, 0.15) is 11.0 Å². The third-order valence-corrected chi connectivity index (χ3v) is 3.90. The topological polar surface area (TPSA) is 54.9 Å². The first kappa shape index (κ1) is 13.4. The van der Waals surface area contributed by atoms with E-state index in [9.17, 15) is 4.79 Å². The lowest BCUT2D eigenvalue weighted by Crippen LogP contribution is -2.12. The molecule has 1 aromatic heterocycles. The summed E-state index contributed by atoms with van der Waals surface area (Å²) in [5.41, 5.74) is 2.32. The van der Waals surface area contributed by atoms with Gasteiger partial charge in [-0.25, -0.2) is 0 Å². The van der Waals surface area contributed by atoms with Crippen LogP contribution in [-0.2, 0) is 0 Å². The van der Waals surface area contributed by atoms with E-state index >= 15 is 0 Å². The number of aromatic nitrogens is 2. The van der Waals surface area contributed by atoms with Crippen molar-refractivity contribution >= 4 is 58.6 Å². The fourth-order valence-corrected chi connectivity index (χ4v) is 2.64. The second kappa shape index (κ2) is 5.40. The smallest absolute Gasteiger partial charge is 0.255 e. The van der Waals surface area contributed by atoms with Crippen LogP contribution in [0.1, 0.15) is 10.4 Å². The SMILES string of the molecule is O=C(Nc1c(Cl)ccc2nsnc12)c1ccc(S)cc1. The first-order chi connectivity index (χ1) is 9.65. The quantitative estimate of drug-likeness (QED) is 0.704. The van der Waals surface area contributed by atoms with Crippen molar-refractivity contribution in [2.24, 2.45) is 0 Å². The third-order valence-electron chi connectivity index (χ3n) is 2.75. The van der Waals surface area contributed by atoms with E-state index < -0.39 is 0 Å². The Morgan fingerprint density at radius 2 is 1.90 bits per heavy atom. The molecule has 0 atom stereocenters. The van der Waals surface area contributed by atoms with Crippen LogP contribution in [0.3, 0.4) is 0 Å². The summed E-state index contributed by atoms with van der Waals surface area (Å²) in [7, 11) is 0. The standard InChI is InChI=1S/C13H8ClN3OS2/c14-9-5-6-10-12(17-20-16-10)11(9)15-13(18)7-1-3-8(19)4-2-7/h1-6,19H,(H,15,18). The van der Waals surface area contributed by atoms with Crippen LogP contribution in [0.5, 0.6) is 0 Å². The normalized spacial score (nSPS) is 10.7. The molecule has 0 fully saturated rings. The number of benzene rings is 2. The largest absolute Gasteiger partial charge is 0.319 e. The number of amides is 1. The molecule has 20 heavy (non-hydrogen) atoms. The molecule has 2 aromatic carbocycles. The van der Waals surface area contributed by atoms with Crippen molar-refractivity contribution in [3.63, 3.8) is 0 Å². The number of hydrogen-bond donors (Lipinski definition) is 2. The molecule has 0 bridgehead atoms. The zero-order chi connectivity index (χ0) is 14.1. The van der Waals surface area contributed by atoms with Crippen molar-refractivity contribution in [3.8, 4) is 0 Å². The van der Waals surface area contributed by atoms with Gasteiger partial charge in [-0.15, -0.1) is 12.6 Å². The molecule has 0 aliphatic heterocycles. The molecule has 0 aliphatic rings. The summed E-state index contributed by atoms with van der Waals surface area (Å²) in [4.78, 5) is 13.0. The van der Waals surface area contributed by atoms with Crippen LogP contribution in [0.2, 0.25) is 5.02 Å². The molecule has 0 saturated heterocycles. The second-order valence-corrected chi connectivity index (χ2v) is 5.51. The molecule has 1 N–H and O–H groups in total. The van der Waals surface area contributed by atoms with Crippen molar-refractivity contribution in [1.82, 2.24) is 8.75 Å². The molecule has 7 heteroatoms. The Kier molecular flexibility index (Phi) is 3.60. The van der Waals surface area contributed by atoms with Crippen molar-refractivity contribution in [2.45, 2.75) is 4.90 Å². The maximum Gasteiger partial charge on any atom is 0.255 e. The molecule has 4 nitrogen and oxygen atoms in total. The molecule has 0 radical (unpaired) electrons. The summed E-state index contributed by atoms with van der Waals surface area (Å²) in [5.74, 6) is -0.249. The van der Waals surface area contributed by atoms with E-state index in [-0.39, 0.29) is 5.91 Å². The Labute approximate surface area is 129 Å². The Hall–Kier alpha value is -1.63. The zero-order valence-corrected chi connectivity index (χ0v) is 12.5. The van der Waals surface area contributed by atoms with E-state index in [0.29, 0.717) is 27.3 Å². The van der Waals surface area contributed by atoms with Crippen molar-refractivity contribution in [2.75, 3.05) is 5.32 Å². The predicted octanol–water partition coefficient (Wildman–Crippen LogP) is 3.89. The maximum absolute atomic E-state index is 12.2. The number of hydrogen-bond acceptors (Lipinski definition) is 5. The van der Waals surface area contributed by atoms with Gasteiger partial charge in [-0.2, -0.15) is 8.75 Å². The highest BCUT2D eigenvalue weighted by Gasteiger charge is 2.13. The number of carbonyl (C=O) groups is 1. The molecular formula is C13H8ClN3OS2. The highest BCUT2D eigenvalue weighted by Crippen LogP contribution is 2.30. The lowest BCUT2D eigenvalue weighted by Gasteiger charge is -2.07. The predicted molar refractivity (Wildman–Crippen MR) is 84.1 cm³/mol. The van der Waals surface area contributed by atoms with Gasteiger partial charge < -0.3 is 5.32 Å². The summed E-state index contributed by atoms with van der Waals surface area (Å²) >= 11 is 11.4. The summed E-state index contributed by atoms with van der Waals surface area (Å²) < 4.78 is 8.28. The van der Waals surface area contributed by atoms with Gasteiger partial charge in [0.15, 0.2) is 0 Å². The van der Waals surface area contributed by atoms with Crippen molar-refractivity contribution < 1.29 is 4.79 Å². The monoisotopic (exact) mass is 321 g/mol. The summed E-state index contributed by atoms with van der Waals surface area (Å²) in [5, 5.41) is 3.22. The number of nitrogens with one attached hydrogen (secondary N) is 1. The van der Waals surface area contributed by atoms with E-state index in [4.69, 9.17) is 11.6 Å². The van der Waals surface area contributed by atoms with Crippen LogP contribution in [0.25, 0.3) is 11.0 Å². The van der Waals surface area contributed by atoms with Gasteiger partial charge in [0.05, 0.1) is 22.4 Å². The van der Waals surface area contributed by atoms with Crippen LogP contribution < -0.4 is 5.32 Å². The fourth-order valence-electron chi connectivity index (χ4n) is 1.74. The maximum atomic E-state index is 12.2. The first-order valence-electron chi connectivity index (χ1n) is 5.66. The van der Waals surface area contributed by atoms with Gasteiger partial charge in [0, 0.05) is 10.5 Å². The molecule has 1 heterocycles. The number of carbonyl (C=O) groups excluding carboxylic acids is 1. The van der Waals surface area contributed by atoms with Gasteiger partial charge >= 0.3 is 0 Å². The van der Waals surface area contributed by atoms with Gasteiger partial charge in [-0.05, 0) is 36.4 Å². The Morgan fingerprint density at radius 1 is 1.15 bits per heavy atom. The highest BCUT2D eigenvalue weighted by atomic mass is 35.5. The summed E-state index contributed by atoms with van der Waals surface area (Å²) in [6, 6.07) is 10.4. The average Bonchev–Trinajstić information content (AvgIpc) is 2.91. The Balaban J connectivity index is 1.96. The lowest BCUT2D eigenvalue weighted by molar-refractivity contribution is 0.102. The molecule has 0 unspecified atom stereocenters. The first-order valence-corrected chi connectivity index (χ1v) is 7.22. The summed E-state index contributed by atoms with van der Waals surface area (Å²) in [6.45, 7) is 0. The van der Waals surface area contributed by atoms with Gasteiger partial charge in [-0.3, -0.25) is 4.79 Å². The number of nitrogens with zero attached hydrogens (tertiary/aromatic N) is 2. The Morgan fingerprint density at radius 3 is 2.65 bits per heavy atom. The number of thiol groups is 1. The van der Waals surface area contributed by atoms with Crippen molar-refractivity contribution in [1.29, 1.82) is 0 Å². The van der Waals surface area contributed by atoms with Crippen LogP contribution >= 0.6 is 36.0 Å². The molecule has 3 rings (SSSR count). The highest BCUT2D eigenvalue weighted by molar-refractivity contribution is 7.80. The number of rotatable bonds is 2. The van der Waals surface area contributed by atoms with Crippen LogP contribution in [0.15, 0.2) is 41.3 Å². The molecule has 100 valence electrons. The van der Waals surface area contributed by atoms with E-state index in [1.807, 2.05) is 0 Å². The molecule has 1 amide bonds. The van der Waals surface area contributed by atoms with E-state index in [1.165, 1.54) is 0 Å². The lowest BCUT2D eigenvalue weighted by atomic mass is 10.2. The minimum atomic E-state index is -0.249. The third kappa shape index (κ3) is 2.49. The van der Waals surface area contributed by atoms with Gasteiger partial charge in [0.2, 0.25) is 0 Å². The molecular weight excluding hydrogens is 314 g/mol. The number of halogens is 1. The molecule has 0 saturated carbocycles. The van der Waals surface area contributed by atoms with Crippen LogP contribution in [0, 0.1) is 0 Å². The fraction of sp³-hybridized carbons (Fsp3) is 0. The summed E-state index contributed by atoms with van der Waals surface area (Å²) in [6.07, 6.45) is 0. The van der Waals surface area contributed by atoms with Crippen molar-refractivity contribution in [3.05, 3.63) is 47.0 Å². The van der Waals surface area contributed by atoms with Gasteiger partial charge in [0.25, 0.3) is 5.91 Å². The van der Waals surface area contributed by atoms with Gasteiger partial charge in [-0.1, -0.05) is 11.6 Å².